The van der Waals surface area contributed by atoms with Crippen LogP contribution in [0.5, 0.6) is 0 Å². The molecule has 0 aliphatic carbocycles. The second-order valence-corrected chi connectivity index (χ2v) is 8.99. The first-order valence-corrected chi connectivity index (χ1v) is 11.5. The van der Waals surface area contributed by atoms with E-state index in [-0.39, 0.29) is 0 Å². The molecule has 0 rings (SSSR count). The average Bonchev–Trinajstić information content (AvgIpc) is 2.55. The summed E-state index contributed by atoms with van der Waals surface area (Å²) in [6.07, 6.45) is 22.7. The third-order valence-corrected chi connectivity index (χ3v) is 6.65. The van der Waals surface area contributed by atoms with Gasteiger partial charge in [-0.1, -0.05) is 105 Å². The first-order valence-electron chi connectivity index (χ1n) is 10.9. The van der Waals surface area contributed by atoms with Crippen LogP contribution in [0.25, 0.3) is 0 Å². The van der Waals surface area contributed by atoms with Crippen LogP contribution in [-0.4, -0.2) is 5.16 Å². The van der Waals surface area contributed by atoms with Crippen LogP contribution in [0.15, 0.2) is 0 Å². The molecule has 0 spiro atoms. The first kappa shape index (κ1) is 23.4. The largest absolute Gasteiger partial charge is 0.131 e. The minimum absolute atomic E-state index is 0.533. The molecule has 0 aromatic rings. The van der Waals surface area contributed by atoms with E-state index in [1.807, 2.05) is 0 Å². The Balaban J connectivity index is 4.62. The molecule has 2 unspecified atom stereocenters. The smallest absolute Gasteiger partial charge is 0.0122 e. The fraction of sp³-hybridized carbons (Fsp3) is 1.00. The van der Waals surface area contributed by atoms with Crippen LogP contribution in [-0.2, 0) is 0 Å². The van der Waals surface area contributed by atoms with E-state index in [4.69, 9.17) is 0 Å². The number of rotatable bonds is 17. The maximum Gasteiger partial charge on any atom is -0.0122 e. The standard InChI is InChI=1S/C22H47P/c1-5-9-12-15-19-22(23,20-16-13-10-6-2)21(17-8-4)18-14-11-7-3/h21H,5-20,23H2,1-4H3. The maximum absolute atomic E-state index is 3.39. The molecule has 0 aromatic carbocycles. The molecule has 140 valence electrons. The maximum atomic E-state index is 3.39. The molecule has 0 fully saturated rings. The van der Waals surface area contributed by atoms with E-state index in [1.54, 1.807) is 0 Å². The predicted molar refractivity (Wildman–Crippen MR) is 112 cm³/mol. The van der Waals surface area contributed by atoms with E-state index < -0.39 is 0 Å². The summed E-state index contributed by atoms with van der Waals surface area (Å²) in [4.78, 5) is 0. The van der Waals surface area contributed by atoms with E-state index in [9.17, 15) is 0 Å². The molecule has 0 radical (unpaired) electrons. The van der Waals surface area contributed by atoms with Crippen LogP contribution in [0.3, 0.4) is 0 Å². The van der Waals surface area contributed by atoms with Crippen molar-refractivity contribution in [1.82, 2.24) is 0 Å². The van der Waals surface area contributed by atoms with E-state index in [0.29, 0.717) is 5.16 Å². The number of hydrogen-bond donors (Lipinski definition) is 0. The molecule has 0 N–H and O–H groups in total. The van der Waals surface area contributed by atoms with Gasteiger partial charge in [0.1, 0.15) is 0 Å². The molecular formula is C22H47P. The quantitative estimate of drug-likeness (QED) is 0.183. The van der Waals surface area contributed by atoms with Gasteiger partial charge in [-0.15, -0.1) is 9.24 Å². The van der Waals surface area contributed by atoms with Crippen LogP contribution in [0.4, 0.5) is 0 Å². The van der Waals surface area contributed by atoms with Crippen molar-refractivity contribution in [3.05, 3.63) is 0 Å². The molecular weight excluding hydrogens is 295 g/mol. The molecule has 1 heteroatoms. The van der Waals surface area contributed by atoms with Gasteiger partial charge in [0.15, 0.2) is 0 Å². The minimum Gasteiger partial charge on any atom is -0.131 e. The van der Waals surface area contributed by atoms with Gasteiger partial charge >= 0.3 is 0 Å². The lowest BCUT2D eigenvalue weighted by Gasteiger charge is -2.39. The van der Waals surface area contributed by atoms with Crippen molar-refractivity contribution >= 4 is 9.24 Å². The zero-order valence-electron chi connectivity index (χ0n) is 17.0. The Hall–Kier alpha value is 0.430. The van der Waals surface area contributed by atoms with Gasteiger partial charge in [-0.05, 0) is 36.8 Å². The molecule has 0 nitrogen and oxygen atoms in total. The zero-order chi connectivity index (χ0) is 17.4. The van der Waals surface area contributed by atoms with Gasteiger partial charge in [0, 0.05) is 0 Å². The lowest BCUT2D eigenvalue weighted by Crippen LogP contribution is -2.32. The Kier molecular flexibility index (Phi) is 16.2. The van der Waals surface area contributed by atoms with Crippen LogP contribution >= 0.6 is 9.24 Å². The Bertz CT molecular complexity index is 224. The van der Waals surface area contributed by atoms with Crippen molar-refractivity contribution < 1.29 is 0 Å². The van der Waals surface area contributed by atoms with Gasteiger partial charge in [0.05, 0.1) is 0 Å². The van der Waals surface area contributed by atoms with Crippen molar-refractivity contribution in [3.8, 4) is 0 Å². The van der Waals surface area contributed by atoms with Crippen molar-refractivity contribution in [2.45, 2.75) is 136 Å². The third-order valence-electron chi connectivity index (χ3n) is 5.60. The third kappa shape index (κ3) is 11.6. The summed E-state index contributed by atoms with van der Waals surface area (Å²) in [6, 6.07) is 0. The summed E-state index contributed by atoms with van der Waals surface area (Å²) < 4.78 is 0. The first-order chi connectivity index (χ1) is 11.1. The van der Waals surface area contributed by atoms with Gasteiger partial charge < -0.3 is 0 Å². The second kappa shape index (κ2) is 15.9. The summed E-state index contributed by atoms with van der Waals surface area (Å²) in [6.45, 7) is 9.36. The van der Waals surface area contributed by atoms with Crippen molar-refractivity contribution in [2.24, 2.45) is 5.92 Å². The Labute approximate surface area is 151 Å². The summed E-state index contributed by atoms with van der Waals surface area (Å²) in [5.41, 5.74) is 0. The lowest BCUT2D eigenvalue weighted by molar-refractivity contribution is 0.275. The van der Waals surface area contributed by atoms with Crippen LogP contribution in [0.2, 0.25) is 0 Å². The normalized spacial score (nSPS) is 13.4. The number of unbranched alkanes of at least 4 members (excludes halogenated alkanes) is 8. The molecule has 0 bridgehead atoms. The molecule has 0 aliphatic heterocycles. The Morgan fingerprint density at radius 3 is 1.48 bits per heavy atom. The molecule has 0 saturated heterocycles. The van der Waals surface area contributed by atoms with E-state index in [2.05, 4.69) is 36.9 Å². The Morgan fingerprint density at radius 2 is 1.04 bits per heavy atom. The van der Waals surface area contributed by atoms with Crippen molar-refractivity contribution in [1.29, 1.82) is 0 Å². The molecule has 2 atom stereocenters. The molecule has 0 aromatic heterocycles. The highest BCUT2D eigenvalue weighted by atomic mass is 31.0. The van der Waals surface area contributed by atoms with Gasteiger partial charge in [0.2, 0.25) is 0 Å². The van der Waals surface area contributed by atoms with Gasteiger partial charge in [-0.25, -0.2) is 0 Å². The molecule has 0 saturated carbocycles. The monoisotopic (exact) mass is 342 g/mol. The van der Waals surface area contributed by atoms with E-state index in [0.717, 1.165) is 5.92 Å². The highest BCUT2D eigenvalue weighted by Crippen LogP contribution is 2.43. The molecule has 0 amide bonds. The molecule has 0 aliphatic rings. The topological polar surface area (TPSA) is 0 Å². The lowest BCUT2D eigenvalue weighted by atomic mass is 9.77. The SMILES string of the molecule is CCCCCCC(P)(CCCCCC)C(CCC)CCCCC. The zero-order valence-corrected chi connectivity index (χ0v) is 18.1. The summed E-state index contributed by atoms with van der Waals surface area (Å²) >= 11 is 0. The van der Waals surface area contributed by atoms with Crippen LogP contribution in [0.1, 0.15) is 130 Å². The summed E-state index contributed by atoms with van der Waals surface area (Å²) in [5, 5.41) is 0.533. The van der Waals surface area contributed by atoms with Crippen LogP contribution < -0.4 is 0 Å². The van der Waals surface area contributed by atoms with Gasteiger partial charge in [-0.3, -0.25) is 0 Å². The van der Waals surface area contributed by atoms with Crippen LogP contribution in [0, 0.1) is 5.92 Å². The van der Waals surface area contributed by atoms with Crippen molar-refractivity contribution in [2.75, 3.05) is 0 Å². The average molecular weight is 343 g/mol. The fourth-order valence-corrected chi connectivity index (χ4v) is 4.75. The fourth-order valence-electron chi connectivity index (χ4n) is 4.00. The highest BCUT2D eigenvalue weighted by molar-refractivity contribution is 7.19. The molecule has 23 heavy (non-hydrogen) atoms. The predicted octanol–water partition coefficient (Wildman–Crippen LogP) is 8.54. The number of hydrogen-bond acceptors (Lipinski definition) is 0. The van der Waals surface area contributed by atoms with E-state index >= 15 is 0 Å². The van der Waals surface area contributed by atoms with E-state index in [1.165, 1.54) is 103 Å². The van der Waals surface area contributed by atoms with Gasteiger partial charge in [0.25, 0.3) is 0 Å². The van der Waals surface area contributed by atoms with Crippen molar-refractivity contribution in [3.63, 3.8) is 0 Å². The molecule has 0 heterocycles. The summed E-state index contributed by atoms with van der Waals surface area (Å²) in [5.74, 6) is 0.937. The summed E-state index contributed by atoms with van der Waals surface area (Å²) in [7, 11) is 3.39. The highest BCUT2D eigenvalue weighted by Gasteiger charge is 2.32. The minimum atomic E-state index is 0.533. The second-order valence-electron chi connectivity index (χ2n) is 7.84. The van der Waals surface area contributed by atoms with Gasteiger partial charge in [-0.2, -0.15) is 0 Å². The Morgan fingerprint density at radius 1 is 0.565 bits per heavy atom.